The Morgan fingerprint density at radius 2 is 2.17 bits per heavy atom. The van der Waals surface area contributed by atoms with E-state index in [1.54, 1.807) is 6.07 Å². The van der Waals surface area contributed by atoms with Gasteiger partial charge >= 0.3 is 0 Å². The number of benzene rings is 1. The number of carbonyl (C=O) groups is 1. The minimum absolute atomic E-state index is 0.231. The SMILES string of the molecule is CC(=O)NOc1ccccc1Br. The van der Waals surface area contributed by atoms with Crippen LogP contribution in [-0.4, -0.2) is 5.91 Å². The zero-order valence-electron chi connectivity index (χ0n) is 6.50. The van der Waals surface area contributed by atoms with Gasteiger partial charge in [-0.25, -0.2) is 0 Å². The summed E-state index contributed by atoms with van der Waals surface area (Å²) in [6.07, 6.45) is 0. The van der Waals surface area contributed by atoms with Gasteiger partial charge in [0.25, 0.3) is 0 Å². The maximum absolute atomic E-state index is 10.5. The fraction of sp³-hybridized carbons (Fsp3) is 0.125. The summed E-state index contributed by atoms with van der Waals surface area (Å²) in [4.78, 5) is 15.4. The third-order valence-corrected chi connectivity index (χ3v) is 1.80. The van der Waals surface area contributed by atoms with Gasteiger partial charge in [-0.15, -0.1) is 0 Å². The van der Waals surface area contributed by atoms with Crippen molar-refractivity contribution in [2.24, 2.45) is 0 Å². The van der Waals surface area contributed by atoms with Crippen molar-refractivity contribution in [3.8, 4) is 5.75 Å². The molecule has 0 spiro atoms. The van der Waals surface area contributed by atoms with Crippen LogP contribution in [0.5, 0.6) is 5.75 Å². The van der Waals surface area contributed by atoms with Crippen molar-refractivity contribution in [1.82, 2.24) is 5.48 Å². The summed E-state index contributed by atoms with van der Waals surface area (Å²) in [7, 11) is 0. The number of carbonyl (C=O) groups excluding carboxylic acids is 1. The number of amides is 1. The Hall–Kier alpha value is -1.03. The van der Waals surface area contributed by atoms with E-state index in [0.29, 0.717) is 5.75 Å². The van der Waals surface area contributed by atoms with Gasteiger partial charge in [0, 0.05) is 6.92 Å². The Bertz CT molecular complexity index is 288. The predicted molar refractivity (Wildman–Crippen MR) is 48.6 cm³/mol. The molecule has 1 rings (SSSR count). The van der Waals surface area contributed by atoms with Crippen LogP contribution in [0.1, 0.15) is 6.92 Å². The molecule has 4 heteroatoms. The third kappa shape index (κ3) is 2.54. The molecule has 1 amide bonds. The summed E-state index contributed by atoms with van der Waals surface area (Å²) in [5.41, 5.74) is 2.23. The van der Waals surface area contributed by atoms with E-state index in [4.69, 9.17) is 4.84 Å². The lowest BCUT2D eigenvalue weighted by molar-refractivity contribution is -0.125. The molecule has 1 N–H and O–H groups in total. The van der Waals surface area contributed by atoms with E-state index in [-0.39, 0.29) is 5.91 Å². The first-order chi connectivity index (χ1) is 5.70. The summed E-state index contributed by atoms with van der Waals surface area (Å²) >= 11 is 3.27. The molecule has 0 heterocycles. The summed E-state index contributed by atoms with van der Waals surface area (Å²) < 4.78 is 0.804. The molecule has 0 aliphatic carbocycles. The fourth-order valence-electron chi connectivity index (χ4n) is 0.654. The highest BCUT2D eigenvalue weighted by Gasteiger charge is 1.99. The van der Waals surface area contributed by atoms with Gasteiger partial charge in [-0.05, 0) is 28.1 Å². The van der Waals surface area contributed by atoms with Gasteiger partial charge < -0.3 is 4.84 Å². The Morgan fingerprint density at radius 1 is 1.50 bits per heavy atom. The first-order valence-electron chi connectivity index (χ1n) is 3.38. The monoisotopic (exact) mass is 229 g/mol. The van der Waals surface area contributed by atoms with E-state index in [0.717, 1.165) is 4.47 Å². The van der Waals surface area contributed by atoms with Gasteiger partial charge in [0.05, 0.1) is 4.47 Å². The van der Waals surface area contributed by atoms with E-state index in [9.17, 15) is 4.79 Å². The molecule has 0 aromatic heterocycles. The Labute approximate surface area is 78.8 Å². The number of rotatable bonds is 2. The molecule has 0 saturated carbocycles. The molecule has 0 aliphatic rings. The van der Waals surface area contributed by atoms with Crippen LogP contribution >= 0.6 is 15.9 Å². The number of halogens is 1. The molecule has 0 saturated heterocycles. The van der Waals surface area contributed by atoms with Crippen LogP contribution < -0.4 is 10.3 Å². The summed E-state index contributed by atoms with van der Waals surface area (Å²) in [6.45, 7) is 1.39. The Balaban J connectivity index is 2.63. The molecule has 0 atom stereocenters. The largest absolute Gasteiger partial charge is 0.378 e. The number of para-hydroxylation sites is 1. The van der Waals surface area contributed by atoms with Gasteiger partial charge in [-0.3, -0.25) is 4.79 Å². The number of hydrogen-bond donors (Lipinski definition) is 1. The van der Waals surface area contributed by atoms with E-state index >= 15 is 0 Å². The van der Waals surface area contributed by atoms with Gasteiger partial charge in [-0.2, -0.15) is 5.48 Å². The molecule has 0 radical (unpaired) electrons. The highest BCUT2D eigenvalue weighted by atomic mass is 79.9. The highest BCUT2D eigenvalue weighted by molar-refractivity contribution is 9.10. The van der Waals surface area contributed by atoms with Crippen LogP contribution in [0.15, 0.2) is 28.7 Å². The van der Waals surface area contributed by atoms with Crippen molar-refractivity contribution in [2.45, 2.75) is 6.92 Å². The maximum Gasteiger partial charge on any atom is 0.249 e. The van der Waals surface area contributed by atoms with Crippen molar-refractivity contribution in [1.29, 1.82) is 0 Å². The van der Waals surface area contributed by atoms with Crippen LogP contribution in [0, 0.1) is 0 Å². The second kappa shape index (κ2) is 4.11. The zero-order valence-corrected chi connectivity index (χ0v) is 8.09. The quantitative estimate of drug-likeness (QED) is 0.787. The number of nitrogens with one attached hydrogen (secondary N) is 1. The number of hydroxylamine groups is 1. The summed E-state index contributed by atoms with van der Waals surface area (Å²) in [5, 5.41) is 0. The van der Waals surface area contributed by atoms with Crippen LogP contribution in [-0.2, 0) is 4.79 Å². The van der Waals surface area contributed by atoms with Gasteiger partial charge in [-0.1, -0.05) is 12.1 Å². The van der Waals surface area contributed by atoms with Crippen LogP contribution in [0.25, 0.3) is 0 Å². The van der Waals surface area contributed by atoms with Crippen molar-refractivity contribution in [3.05, 3.63) is 28.7 Å². The highest BCUT2D eigenvalue weighted by Crippen LogP contribution is 2.22. The summed E-state index contributed by atoms with van der Waals surface area (Å²) in [6, 6.07) is 7.27. The normalized spacial score (nSPS) is 9.17. The summed E-state index contributed by atoms with van der Waals surface area (Å²) in [5.74, 6) is 0.360. The lowest BCUT2D eigenvalue weighted by Crippen LogP contribution is -2.23. The van der Waals surface area contributed by atoms with Crippen LogP contribution in [0.2, 0.25) is 0 Å². The second-order valence-corrected chi connectivity index (χ2v) is 3.05. The van der Waals surface area contributed by atoms with E-state index in [1.807, 2.05) is 18.2 Å². The van der Waals surface area contributed by atoms with Crippen LogP contribution in [0.4, 0.5) is 0 Å². The van der Waals surface area contributed by atoms with Gasteiger partial charge in [0.2, 0.25) is 5.91 Å². The molecule has 1 aromatic rings. The third-order valence-electron chi connectivity index (χ3n) is 1.14. The fourth-order valence-corrected chi connectivity index (χ4v) is 1.02. The topological polar surface area (TPSA) is 38.3 Å². The second-order valence-electron chi connectivity index (χ2n) is 2.19. The molecule has 64 valence electrons. The molecule has 0 fully saturated rings. The van der Waals surface area contributed by atoms with Gasteiger partial charge in [0.15, 0.2) is 5.75 Å². The molecule has 0 aliphatic heterocycles. The maximum atomic E-state index is 10.5. The molecule has 3 nitrogen and oxygen atoms in total. The average molecular weight is 230 g/mol. The van der Waals surface area contributed by atoms with Crippen molar-refractivity contribution in [2.75, 3.05) is 0 Å². The first kappa shape index (κ1) is 9.06. The minimum atomic E-state index is -0.231. The Kier molecular flexibility index (Phi) is 3.10. The molecular formula is C8H8BrNO2. The molecular weight excluding hydrogens is 222 g/mol. The lowest BCUT2D eigenvalue weighted by atomic mass is 10.3. The van der Waals surface area contributed by atoms with Crippen molar-refractivity contribution in [3.63, 3.8) is 0 Å². The smallest absolute Gasteiger partial charge is 0.249 e. The molecule has 1 aromatic carbocycles. The molecule has 0 bridgehead atoms. The Morgan fingerprint density at radius 3 is 2.75 bits per heavy atom. The lowest BCUT2D eigenvalue weighted by Gasteiger charge is -2.05. The van der Waals surface area contributed by atoms with Crippen molar-refractivity contribution < 1.29 is 9.63 Å². The zero-order chi connectivity index (χ0) is 8.97. The van der Waals surface area contributed by atoms with E-state index < -0.39 is 0 Å². The first-order valence-corrected chi connectivity index (χ1v) is 4.17. The predicted octanol–water partition coefficient (Wildman–Crippen LogP) is 1.88. The average Bonchev–Trinajstić information content (AvgIpc) is 2.03. The van der Waals surface area contributed by atoms with Crippen LogP contribution in [0.3, 0.4) is 0 Å². The molecule has 0 unspecified atom stereocenters. The van der Waals surface area contributed by atoms with E-state index in [2.05, 4.69) is 21.4 Å². The minimum Gasteiger partial charge on any atom is -0.378 e. The van der Waals surface area contributed by atoms with E-state index in [1.165, 1.54) is 6.92 Å². The standard InChI is InChI=1S/C8H8BrNO2/c1-6(11)10-12-8-5-3-2-4-7(8)9/h2-5H,1H3,(H,10,11). The van der Waals surface area contributed by atoms with Crippen molar-refractivity contribution >= 4 is 21.8 Å². The van der Waals surface area contributed by atoms with Gasteiger partial charge in [0.1, 0.15) is 0 Å². The molecule has 12 heavy (non-hydrogen) atoms. The number of hydrogen-bond acceptors (Lipinski definition) is 2.